The average Bonchev–Trinajstić information content (AvgIpc) is 2.97. The minimum Gasteiger partial charge on any atom is -0.366 e. The first-order chi connectivity index (χ1) is 9.77. The van der Waals surface area contributed by atoms with E-state index in [4.69, 9.17) is 16.3 Å². The van der Waals surface area contributed by atoms with E-state index in [0.717, 1.165) is 36.5 Å². The van der Waals surface area contributed by atoms with Crippen LogP contribution in [0.15, 0.2) is 24.3 Å². The van der Waals surface area contributed by atoms with Crippen LogP contribution in [0, 0.1) is 0 Å². The molecule has 3 rings (SSSR count). The molecule has 2 atom stereocenters. The first-order valence-electron chi connectivity index (χ1n) is 7.14. The van der Waals surface area contributed by atoms with E-state index in [1.54, 1.807) is 0 Å². The zero-order chi connectivity index (χ0) is 13.9. The Balaban J connectivity index is 1.78. The largest absolute Gasteiger partial charge is 0.366 e. The van der Waals surface area contributed by atoms with Crippen LogP contribution < -0.4 is 5.32 Å². The first-order valence-corrected chi connectivity index (χ1v) is 7.52. The SMILES string of the molecule is O=C([C@@H]1CNCCO1)N1CCC[C@@H]1c1ccccc1Cl. The Morgan fingerprint density at radius 3 is 3.00 bits per heavy atom. The molecule has 2 saturated heterocycles. The van der Waals surface area contributed by atoms with Crippen molar-refractivity contribution in [3.8, 4) is 0 Å². The summed E-state index contributed by atoms with van der Waals surface area (Å²) in [7, 11) is 0. The van der Waals surface area contributed by atoms with Gasteiger partial charge >= 0.3 is 0 Å². The molecule has 108 valence electrons. The first kappa shape index (κ1) is 13.9. The van der Waals surface area contributed by atoms with Crippen LogP contribution in [0.25, 0.3) is 0 Å². The zero-order valence-electron chi connectivity index (χ0n) is 11.3. The third kappa shape index (κ3) is 2.68. The van der Waals surface area contributed by atoms with Crippen LogP contribution in [0.4, 0.5) is 0 Å². The highest BCUT2D eigenvalue weighted by Gasteiger charge is 2.35. The molecule has 1 amide bonds. The molecule has 2 heterocycles. The van der Waals surface area contributed by atoms with Crippen molar-refractivity contribution in [2.24, 2.45) is 0 Å². The van der Waals surface area contributed by atoms with E-state index >= 15 is 0 Å². The van der Waals surface area contributed by atoms with Gasteiger partial charge in [-0.1, -0.05) is 29.8 Å². The lowest BCUT2D eigenvalue weighted by molar-refractivity contribution is -0.146. The summed E-state index contributed by atoms with van der Waals surface area (Å²) in [5.74, 6) is 0.0830. The molecule has 2 fully saturated rings. The molecule has 2 aliphatic heterocycles. The van der Waals surface area contributed by atoms with Crippen molar-refractivity contribution < 1.29 is 9.53 Å². The van der Waals surface area contributed by atoms with Gasteiger partial charge in [0.2, 0.25) is 0 Å². The smallest absolute Gasteiger partial charge is 0.253 e. The summed E-state index contributed by atoms with van der Waals surface area (Å²) >= 11 is 6.28. The number of hydrogen-bond acceptors (Lipinski definition) is 3. The fourth-order valence-electron chi connectivity index (χ4n) is 3.01. The van der Waals surface area contributed by atoms with E-state index in [2.05, 4.69) is 5.32 Å². The standard InChI is InChI=1S/C15H19ClN2O2/c16-12-5-2-1-4-11(12)13-6-3-8-18(13)15(19)14-10-17-7-9-20-14/h1-2,4-5,13-14,17H,3,6-10H2/t13-,14+/m1/s1. The highest BCUT2D eigenvalue weighted by Crippen LogP contribution is 2.36. The summed E-state index contributed by atoms with van der Waals surface area (Å²) in [6, 6.07) is 7.87. The molecule has 4 nitrogen and oxygen atoms in total. The van der Waals surface area contributed by atoms with Gasteiger partial charge in [0.1, 0.15) is 6.10 Å². The number of ether oxygens (including phenoxy) is 1. The van der Waals surface area contributed by atoms with Crippen molar-refractivity contribution in [1.82, 2.24) is 10.2 Å². The average molecular weight is 295 g/mol. The second-order valence-corrected chi connectivity index (χ2v) is 5.68. The van der Waals surface area contributed by atoms with E-state index in [-0.39, 0.29) is 18.1 Å². The maximum Gasteiger partial charge on any atom is 0.253 e. The van der Waals surface area contributed by atoms with Crippen LogP contribution in [0.2, 0.25) is 5.02 Å². The lowest BCUT2D eigenvalue weighted by Gasteiger charge is -2.31. The van der Waals surface area contributed by atoms with Gasteiger partial charge in [-0.15, -0.1) is 0 Å². The van der Waals surface area contributed by atoms with E-state index in [1.165, 1.54) is 0 Å². The second kappa shape index (κ2) is 6.12. The van der Waals surface area contributed by atoms with Crippen LogP contribution in [-0.2, 0) is 9.53 Å². The number of nitrogens with one attached hydrogen (secondary N) is 1. The predicted octanol–water partition coefficient (Wildman–Crippen LogP) is 1.99. The molecule has 0 spiro atoms. The molecule has 20 heavy (non-hydrogen) atoms. The summed E-state index contributed by atoms with van der Waals surface area (Å²) in [4.78, 5) is 14.5. The Morgan fingerprint density at radius 2 is 2.25 bits per heavy atom. The van der Waals surface area contributed by atoms with Gasteiger partial charge in [-0.2, -0.15) is 0 Å². The van der Waals surface area contributed by atoms with Crippen molar-refractivity contribution in [2.75, 3.05) is 26.2 Å². The van der Waals surface area contributed by atoms with Gasteiger partial charge < -0.3 is 15.0 Å². The van der Waals surface area contributed by atoms with Gasteiger partial charge in [0.05, 0.1) is 12.6 Å². The van der Waals surface area contributed by atoms with Gasteiger partial charge in [0.25, 0.3) is 5.91 Å². The number of halogens is 1. The van der Waals surface area contributed by atoms with Crippen molar-refractivity contribution in [1.29, 1.82) is 0 Å². The molecule has 1 aromatic rings. The van der Waals surface area contributed by atoms with Crippen LogP contribution >= 0.6 is 11.6 Å². The fourth-order valence-corrected chi connectivity index (χ4v) is 3.27. The molecule has 0 radical (unpaired) electrons. The second-order valence-electron chi connectivity index (χ2n) is 5.27. The molecule has 0 bridgehead atoms. The van der Waals surface area contributed by atoms with Crippen molar-refractivity contribution in [3.05, 3.63) is 34.9 Å². The number of rotatable bonds is 2. The predicted molar refractivity (Wildman–Crippen MR) is 77.7 cm³/mol. The number of nitrogens with zero attached hydrogens (tertiary/aromatic N) is 1. The van der Waals surface area contributed by atoms with Crippen LogP contribution in [-0.4, -0.2) is 43.2 Å². The maximum absolute atomic E-state index is 12.6. The molecule has 0 unspecified atom stereocenters. The van der Waals surface area contributed by atoms with E-state index in [1.807, 2.05) is 29.2 Å². The molecule has 0 saturated carbocycles. The molecule has 1 aromatic carbocycles. The molecule has 0 aromatic heterocycles. The number of benzene rings is 1. The Kier molecular flexibility index (Phi) is 4.24. The van der Waals surface area contributed by atoms with Gasteiger partial charge in [-0.3, -0.25) is 4.79 Å². The van der Waals surface area contributed by atoms with E-state index in [0.29, 0.717) is 13.2 Å². The quantitative estimate of drug-likeness (QED) is 0.907. The summed E-state index contributed by atoms with van der Waals surface area (Å²) in [5.41, 5.74) is 1.05. The summed E-state index contributed by atoms with van der Waals surface area (Å²) in [6.45, 7) is 2.80. The zero-order valence-corrected chi connectivity index (χ0v) is 12.1. The monoisotopic (exact) mass is 294 g/mol. The van der Waals surface area contributed by atoms with Gasteiger partial charge in [-0.25, -0.2) is 0 Å². The lowest BCUT2D eigenvalue weighted by Crippen LogP contribution is -2.49. The summed E-state index contributed by atoms with van der Waals surface area (Å²) in [6.07, 6.45) is 1.63. The number of likely N-dealkylation sites (tertiary alicyclic amines) is 1. The maximum atomic E-state index is 12.6. The molecular weight excluding hydrogens is 276 g/mol. The Morgan fingerprint density at radius 1 is 1.40 bits per heavy atom. The minimum absolute atomic E-state index is 0.0830. The number of carbonyl (C=O) groups excluding carboxylic acids is 1. The number of carbonyl (C=O) groups is 1. The number of amides is 1. The molecule has 5 heteroatoms. The van der Waals surface area contributed by atoms with Crippen molar-refractivity contribution in [2.45, 2.75) is 25.0 Å². The third-order valence-electron chi connectivity index (χ3n) is 4.00. The van der Waals surface area contributed by atoms with Crippen LogP contribution in [0.5, 0.6) is 0 Å². The Bertz CT molecular complexity index is 489. The Labute approximate surface area is 124 Å². The highest BCUT2D eigenvalue weighted by molar-refractivity contribution is 6.31. The fraction of sp³-hybridized carbons (Fsp3) is 0.533. The van der Waals surface area contributed by atoms with Crippen molar-refractivity contribution in [3.63, 3.8) is 0 Å². The molecular formula is C15H19ClN2O2. The summed E-state index contributed by atoms with van der Waals surface area (Å²) < 4.78 is 5.58. The van der Waals surface area contributed by atoms with Crippen LogP contribution in [0.1, 0.15) is 24.4 Å². The van der Waals surface area contributed by atoms with Gasteiger partial charge in [0, 0.05) is 24.7 Å². The lowest BCUT2D eigenvalue weighted by atomic mass is 10.0. The number of morpholine rings is 1. The van der Waals surface area contributed by atoms with Crippen molar-refractivity contribution >= 4 is 17.5 Å². The summed E-state index contributed by atoms with van der Waals surface area (Å²) in [5, 5.41) is 3.94. The minimum atomic E-state index is -0.355. The topological polar surface area (TPSA) is 41.6 Å². The normalized spacial score (nSPS) is 26.8. The molecule has 2 aliphatic rings. The van der Waals surface area contributed by atoms with Crippen LogP contribution in [0.3, 0.4) is 0 Å². The molecule has 1 N–H and O–H groups in total. The number of hydrogen-bond donors (Lipinski definition) is 1. The van der Waals surface area contributed by atoms with E-state index < -0.39 is 0 Å². The Hall–Kier alpha value is -1.10. The van der Waals surface area contributed by atoms with Gasteiger partial charge in [-0.05, 0) is 24.5 Å². The molecule has 0 aliphatic carbocycles. The van der Waals surface area contributed by atoms with E-state index in [9.17, 15) is 4.79 Å². The van der Waals surface area contributed by atoms with Gasteiger partial charge in [0.15, 0.2) is 0 Å². The highest BCUT2D eigenvalue weighted by atomic mass is 35.5. The third-order valence-corrected chi connectivity index (χ3v) is 4.35.